The van der Waals surface area contributed by atoms with Gasteiger partial charge in [0.1, 0.15) is 0 Å². The van der Waals surface area contributed by atoms with Gasteiger partial charge in [0, 0.05) is 24.7 Å². The van der Waals surface area contributed by atoms with Crippen LogP contribution in [0.1, 0.15) is 15.9 Å². The molecule has 8 heteroatoms. The number of likely N-dealkylation sites (N-methyl/N-ethyl adjacent to an activating group) is 1. The minimum atomic E-state index is -4.16. The van der Waals surface area contributed by atoms with Crippen molar-refractivity contribution < 1.29 is 18.0 Å². The van der Waals surface area contributed by atoms with Crippen LogP contribution >= 0.6 is 11.6 Å². The van der Waals surface area contributed by atoms with E-state index in [1.807, 2.05) is 0 Å². The molecule has 1 N–H and O–H groups in total. The quantitative estimate of drug-likeness (QED) is 0.843. The van der Waals surface area contributed by atoms with E-state index in [2.05, 4.69) is 5.32 Å². The number of sulfone groups is 1. The highest BCUT2D eigenvalue weighted by Gasteiger charge is 2.36. The van der Waals surface area contributed by atoms with Gasteiger partial charge >= 0.3 is 0 Å². The highest BCUT2D eigenvalue weighted by atomic mass is 35.5. The summed E-state index contributed by atoms with van der Waals surface area (Å²) in [5.74, 6) is -1.39. The van der Waals surface area contributed by atoms with Crippen LogP contribution in [0.25, 0.3) is 0 Å². The number of amides is 2. The molecule has 0 radical (unpaired) electrons. The van der Waals surface area contributed by atoms with Crippen LogP contribution in [0, 0.1) is 6.92 Å². The van der Waals surface area contributed by atoms with Crippen molar-refractivity contribution in [3.63, 3.8) is 0 Å². The topological polar surface area (TPSA) is 83.6 Å². The predicted molar refractivity (Wildman–Crippen MR) is 99.8 cm³/mol. The molecule has 1 atom stereocenters. The molecule has 0 fully saturated rings. The maximum atomic E-state index is 12.9. The lowest BCUT2D eigenvalue weighted by atomic mass is 10.1. The number of nitrogens with zero attached hydrogens (tertiary/aromatic N) is 1. The molecule has 0 aliphatic carbocycles. The van der Waals surface area contributed by atoms with E-state index in [0.717, 1.165) is 4.90 Å². The molecule has 0 bridgehead atoms. The van der Waals surface area contributed by atoms with Gasteiger partial charge in [-0.3, -0.25) is 9.59 Å². The van der Waals surface area contributed by atoms with Gasteiger partial charge in [0.05, 0.1) is 4.90 Å². The maximum absolute atomic E-state index is 12.9. The van der Waals surface area contributed by atoms with E-state index in [-0.39, 0.29) is 4.90 Å². The number of benzene rings is 2. The van der Waals surface area contributed by atoms with Gasteiger partial charge in [0.25, 0.3) is 11.8 Å². The fraction of sp³-hybridized carbons (Fsp3) is 0.222. The SMILES string of the molecule is Cc1ccccc1C(=O)NC(C(=O)N(C)C)S(=O)(=O)c1ccc(Cl)cc1. The number of carbonyl (C=O) groups excluding carboxylic acids is 2. The molecule has 2 rings (SSSR count). The number of aryl methyl sites for hydroxylation is 1. The van der Waals surface area contributed by atoms with E-state index in [0.29, 0.717) is 16.1 Å². The van der Waals surface area contributed by atoms with Crippen LogP contribution in [-0.2, 0) is 14.6 Å². The monoisotopic (exact) mass is 394 g/mol. The lowest BCUT2D eigenvalue weighted by molar-refractivity contribution is -0.128. The van der Waals surface area contributed by atoms with Gasteiger partial charge in [-0.2, -0.15) is 0 Å². The molecule has 0 spiro atoms. The zero-order chi connectivity index (χ0) is 19.5. The molecule has 138 valence electrons. The highest BCUT2D eigenvalue weighted by molar-refractivity contribution is 7.92. The molecule has 26 heavy (non-hydrogen) atoms. The maximum Gasteiger partial charge on any atom is 0.260 e. The lowest BCUT2D eigenvalue weighted by Crippen LogP contribution is -2.51. The summed E-state index contributed by atoms with van der Waals surface area (Å²) in [6.07, 6.45) is 0. The molecule has 0 aliphatic heterocycles. The summed E-state index contributed by atoms with van der Waals surface area (Å²) in [7, 11) is -1.31. The molecule has 2 aromatic rings. The van der Waals surface area contributed by atoms with Gasteiger partial charge in [-0.25, -0.2) is 8.42 Å². The van der Waals surface area contributed by atoms with Crippen LogP contribution in [0.15, 0.2) is 53.4 Å². The van der Waals surface area contributed by atoms with Crippen LogP contribution in [0.4, 0.5) is 0 Å². The first-order valence-electron chi connectivity index (χ1n) is 7.71. The van der Waals surface area contributed by atoms with E-state index in [1.54, 1.807) is 31.2 Å². The molecular formula is C18H19ClN2O4S. The first kappa shape index (κ1) is 19.9. The summed E-state index contributed by atoms with van der Waals surface area (Å²) in [5, 5.41) is 0.977. The third-order valence-electron chi connectivity index (χ3n) is 3.77. The average molecular weight is 395 g/mol. The Kier molecular flexibility index (Phi) is 6.05. The number of carbonyl (C=O) groups is 2. The third-order valence-corrected chi connectivity index (χ3v) is 5.89. The molecule has 0 heterocycles. The van der Waals surface area contributed by atoms with Gasteiger partial charge < -0.3 is 10.2 Å². The van der Waals surface area contributed by atoms with E-state index in [4.69, 9.17) is 11.6 Å². The lowest BCUT2D eigenvalue weighted by Gasteiger charge is -2.22. The number of hydrogen-bond donors (Lipinski definition) is 1. The Morgan fingerprint density at radius 1 is 1.04 bits per heavy atom. The smallest absolute Gasteiger partial charge is 0.260 e. The minimum Gasteiger partial charge on any atom is -0.346 e. The summed E-state index contributed by atoms with van der Waals surface area (Å²) in [6, 6.07) is 12.1. The van der Waals surface area contributed by atoms with Crippen LogP contribution in [-0.4, -0.2) is 44.6 Å². The molecule has 0 aromatic heterocycles. The largest absolute Gasteiger partial charge is 0.346 e. The zero-order valence-corrected chi connectivity index (χ0v) is 16.1. The standard InChI is InChI=1S/C18H19ClN2O4S/c1-12-6-4-5-7-15(12)16(22)20-17(18(23)21(2)3)26(24,25)14-10-8-13(19)9-11-14/h4-11,17H,1-3H3,(H,20,22). The number of halogens is 1. The van der Waals surface area contributed by atoms with Gasteiger partial charge in [0.2, 0.25) is 15.2 Å². The Morgan fingerprint density at radius 2 is 1.62 bits per heavy atom. The first-order valence-corrected chi connectivity index (χ1v) is 9.64. The van der Waals surface area contributed by atoms with Crippen molar-refractivity contribution in [3.05, 3.63) is 64.7 Å². The molecular weight excluding hydrogens is 376 g/mol. The van der Waals surface area contributed by atoms with Gasteiger partial charge in [-0.1, -0.05) is 29.8 Å². The molecule has 0 saturated heterocycles. The van der Waals surface area contributed by atoms with E-state index >= 15 is 0 Å². The van der Waals surface area contributed by atoms with E-state index in [1.165, 1.54) is 38.4 Å². The van der Waals surface area contributed by atoms with Crippen molar-refractivity contribution in [2.75, 3.05) is 14.1 Å². The van der Waals surface area contributed by atoms with Crippen molar-refractivity contribution in [1.82, 2.24) is 10.2 Å². The fourth-order valence-electron chi connectivity index (χ4n) is 2.29. The summed E-state index contributed by atoms with van der Waals surface area (Å²) in [4.78, 5) is 26.1. The van der Waals surface area contributed by atoms with Crippen molar-refractivity contribution in [1.29, 1.82) is 0 Å². The fourth-order valence-corrected chi connectivity index (χ4v) is 3.94. The molecule has 0 aliphatic rings. The van der Waals surface area contributed by atoms with Crippen molar-refractivity contribution in [2.24, 2.45) is 0 Å². The Hall–Kier alpha value is -2.38. The van der Waals surface area contributed by atoms with Crippen LogP contribution < -0.4 is 5.32 Å². The van der Waals surface area contributed by atoms with Crippen molar-refractivity contribution >= 4 is 33.3 Å². The second-order valence-corrected chi connectivity index (χ2v) is 8.37. The summed E-state index contributed by atoms with van der Waals surface area (Å²) in [6.45, 7) is 1.73. The normalized spacial score (nSPS) is 12.3. The minimum absolute atomic E-state index is 0.104. The summed E-state index contributed by atoms with van der Waals surface area (Å²) >= 11 is 5.80. The van der Waals surface area contributed by atoms with Crippen molar-refractivity contribution in [2.45, 2.75) is 17.2 Å². The van der Waals surface area contributed by atoms with E-state index < -0.39 is 27.0 Å². The number of rotatable bonds is 5. The highest BCUT2D eigenvalue weighted by Crippen LogP contribution is 2.19. The van der Waals surface area contributed by atoms with Crippen molar-refractivity contribution in [3.8, 4) is 0 Å². The Morgan fingerprint density at radius 3 is 2.15 bits per heavy atom. The Balaban J connectivity index is 2.44. The Labute approximate surface area is 157 Å². The molecule has 0 saturated carbocycles. The summed E-state index contributed by atoms with van der Waals surface area (Å²) in [5.41, 5.74) is 0.973. The zero-order valence-electron chi connectivity index (χ0n) is 14.6. The third kappa shape index (κ3) is 4.23. The average Bonchev–Trinajstić information content (AvgIpc) is 2.59. The molecule has 2 amide bonds. The molecule has 6 nitrogen and oxygen atoms in total. The molecule has 2 aromatic carbocycles. The first-order chi connectivity index (χ1) is 12.1. The second kappa shape index (κ2) is 7.88. The van der Waals surface area contributed by atoms with Crippen LogP contribution in [0.3, 0.4) is 0 Å². The Bertz CT molecular complexity index is 924. The van der Waals surface area contributed by atoms with Gasteiger partial charge in [-0.15, -0.1) is 0 Å². The number of nitrogens with one attached hydrogen (secondary N) is 1. The summed E-state index contributed by atoms with van der Waals surface area (Å²) < 4.78 is 25.9. The molecule has 1 unspecified atom stereocenters. The van der Waals surface area contributed by atoms with Crippen LogP contribution in [0.5, 0.6) is 0 Å². The second-order valence-electron chi connectivity index (χ2n) is 5.90. The predicted octanol–water partition coefficient (Wildman–Crippen LogP) is 2.27. The van der Waals surface area contributed by atoms with Crippen LogP contribution in [0.2, 0.25) is 5.02 Å². The van der Waals surface area contributed by atoms with Gasteiger partial charge in [-0.05, 0) is 42.8 Å². The van der Waals surface area contributed by atoms with Gasteiger partial charge in [0.15, 0.2) is 0 Å². The number of hydrogen-bond acceptors (Lipinski definition) is 4. The van der Waals surface area contributed by atoms with E-state index in [9.17, 15) is 18.0 Å².